The zero-order valence-corrected chi connectivity index (χ0v) is 16.0. The van der Waals surface area contributed by atoms with Crippen molar-refractivity contribution in [2.24, 2.45) is 0 Å². The third-order valence-electron chi connectivity index (χ3n) is 3.48. The Kier molecular flexibility index (Phi) is 7.56. The highest BCUT2D eigenvalue weighted by Gasteiger charge is 2.03. The van der Waals surface area contributed by atoms with Gasteiger partial charge in [0.25, 0.3) is 0 Å². The number of nitrogens with one attached hydrogen (secondary N) is 2. The average Bonchev–Trinajstić information content (AvgIpc) is 2.56. The molecule has 2 rings (SSSR count). The van der Waals surface area contributed by atoms with Gasteiger partial charge in [-0.3, -0.25) is 0 Å². The molecule has 0 unspecified atom stereocenters. The van der Waals surface area contributed by atoms with Gasteiger partial charge in [-0.15, -0.1) is 0 Å². The van der Waals surface area contributed by atoms with E-state index in [0.717, 1.165) is 25.3 Å². The first-order valence-corrected chi connectivity index (χ1v) is 9.20. The fourth-order valence-corrected chi connectivity index (χ4v) is 3.34. The smallest absolute Gasteiger partial charge is 0.170 e. The summed E-state index contributed by atoms with van der Waals surface area (Å²) in [6.07, 6.45) is 0.934. The lowest BCUT2D eigenvalue weighted by Crippen LogP contribution is -2.29. The second kappa shape index (κ2) is 9.67. The normalized spacial score (nSPS) is 10.5. The van der Waals surface area contributed by atoms with Crippen LogP contribution >= 0.6 is 24.0 Å². The van der Waals surface area contributed by atoms with E-state index in [0.29, 0.717) is 5.11 Å². The molecule has 0 aromatic heterocycles. The summed E-state index contributed by atoms with van der Waals surface area (Å²) in [6, 6.07) is 14.9. The Balaban J connectivity index is 1.87. The molecule has 2 N–H and O–H groups in total. The summed E-state index contributed by atoms with van der Waals surface area (Å²) in [5.41, 5.74) is 3.59. The Bertz CT molecular complexity index is 672. The molecule has 5 heteroatoms. The second-order valence-corrected chi connectivity index (χ2v) is 7.15. The predicted octanol–water partition coefficient (Wildman–Crippen LogP) is 4.78. The third-order valence-corrected chi connectivity index (χ3v) is 4.91. The fourth-order valence-electron chi connectivity index (χ4n) is 2.24. The monoisotopic (exact) mass is 360 g/mol. The molecule has 0 heterocycles. The van der Waals surface area contributed by atoms with E-state index in [1.54, 1.807) is 18.9 Å². The maximum atomic E-state index is 5.28. The van der Waals surface area contributed by atoms with Crippen molar-refractivity contribution >= 4 is 34.8 Å². The predicted molar refractivity (Wildman–Crippen MR) is 107 cm³/mol. The number of anilines is 1. The number of hydrogen-bond acceptors (Lipinski definition) is 3. The number of thiocarbonyl (C=S) groups is 1. The highest BCUT2D eigenvalue weighted by molar-refractivity contribution is 7.99. The van der Waals surface area contributed by atoms with E-state index in [1.807, 2.05) is 0 Å². The van der Waals surface area contributed by atoms with Gasteiger partial charge in [0, 0.05) is 35.7 Å². The third kappa shape index (κ3) is 6.15. The molecule has 0 fully saturated rings. The number of rotatable bonds is 7. The number of aryl methyl sites for hydroxylation is 2. The first kappa shape index (κ1) is 18.8. The van der Waals surface area contributed by atoms with E-state index in [-0.39, 0.29) is 0 Å². The standard InChI is InChI=1S/C19H24N2OS2/c1-14-5-10-18(15(2)13-14)24-17-8-6-16(7-9-17)21-19(23)20-11-4-12-22-3/h5-10,13H,4,11-12H2,1-3H3,(H2,20,21,23). The van der Waals surface area contributed by atoms with Gasteiger partial charge in [-0.1, -0.05) is 29.5 Å². The largest absolute Gasteiger partial charge is 0.385 e. The maximum Gasteiger partial charge on any atom is 0.170 e. The molecular formula is C19H24N2OS2. The first-order chi connectivity index (χ1) is 11.6. The van der Waals surface area contributed by atoms with Gasteiger partial charge in [0.15, 0.2) is 5.11 Å². The van der Waals surface area contributed by atoms with Gasteiger partial charge in [0.05, 0.1) is 0 Å². The van der Waals surface area contributed by atoms with Crippen LogP contribution in [0.15, 0.2) is 52.3 Å². The molecule has 128 valence electrons. The zero-order chi connectivity index (χ0) is 17.4. The van der Waals surface area contributed by atoms with Crippen molar-refractivity contribution in [1.82, 2.24) is 5.32 Å². The van der Waals surface area contributed by atoms with Gasteiger partial charge >= 0.3 is 0 Å². The molecule has 0 saturated heterocycles. The number of benzene rings is 2. The van der Waals surface area contributed by atoms with Crippen LogP contribution in [0, 0.1) is 13.8 Å². The molecule has 0 saturated carbocycles. The topological polar surface area (TPSA) is 33.3 Å². The molecule has 2 aromatic rings. The van der Waals surface area contributed by atoms with Crippen LogP contribution in [0.5, 0.6) is 0 Å². The maximum absolute atomic E-state index is 5.28. The molecule has 3 nitrogen and oxygen atoms in total. The molecular weight excluding hydrogens is 336 g/mol. The molecule has 0 atom stereocenters. The Labute approximate surface area is 154 Å². The number of methoxy groups -OCH3 is 1. The SMILES string of the molecule is COCCCNC(=S)Nc1ccc(Sc2ccc(C)cc2C)cc1. The van der Waals surface area contributed by atoms with Crippen LogP contribution in [0.1, 0.15) is 17.5 Å². The van der Waals surface area contributed by atoms with E-state index < -0.39 is 0 Å². The lowest BCUT2D eigenvalue weighted by atomic mass is 10.2. The van der Waals surface area contributed by atoms with Crippen molar-refractivity contribution in [3.8, 4) is 0 Å². The zero-order valence-electron chi connectivity index (χ0n) is 14.4. The van der Waals surface area contributed by atoms with E-state index >= 15 is 0 Å². The minimum atomic E-state index is 0.640. The van der Waals surface area contributed by atoms with E-state index in [4.69, 9.17) is 17.0 Å². The van der Waals surface area contributed by atoms with E-state index in [9.17, 15) is 0 Å². The van der Waals surface area contributed by atoms with E-state index in [2.05, 4.69) is 66.9 Å². The van der Waals surface area contributed by atoms with Gasteiger partial charge in [-0.2, -0.15) is 0 Å². The van der Waals surface area contributed by atoms with Gasteiger partial charge in [-0.05, 0) is 68.4 Å². The highest BCUT2D eigenvalue weighted by atomic mass is 32.2. The van der Waals surface area contributed by atoms with Crippen molar-refractivity contribution in [2.75, 3.05) is 25.6 Å². The van der Waals surface area contributed by atoms with Gasteiger partial charge in [0.1, 0.15) is 0 Å². The van der Waals surface area contributed by atoms with Crippen LogP contribution in [-0.4, -0.2) is 25.4 Å². The summed E-state index contributed by atoms with van der Waals surface area (Å²) < 4.78 is 5.01. The summed E-state index contributed by atoms with van der Waals surface area (Å²) in [5.74, 6) is 0. The minimum Gasteiger partial charge on any atom is -0.385 e. The summed E-state index contributed by atoms with van der Waals surface area (Å²) in [5, 5.41) is 7.01. The van der Waals surface area contributed by atoms with Crippen molar-refractivity contribution in [3.63, 3.8) is 0 Å². The summed E-state index contributed by atoms with van der Waals surface area (Å²) in [4.78, 5) is 2.50. The molecule has 0 aliphatic heterocycles. The molecule has 24 heavy (non-hydrogen) atoms. The van der Waals surface area contributed by atoms with Crippen molar-refractivity contribution < 1.29 is 4.74 Å². The van der Waals surface area contributed by atoms with Crippen LogP contribution in [-0.2, 0) is 4.74 Å². The number of ether oxygens (including phenoxy) is 1. The summed E-state index contributed by atoms with van der Waals surface area (Å²) in [6.45, 7) is 5.81. The summed E-state index contributed by atoms with van der Waals surface area (Å²) >= 11 is 7.06. The number of hydrogen-bond donors (Lipinski definition) is 2. The van der Waals surface area contributed by atoms with Crippen LogP contribution in [0.25, 0.3) is 0 Å². The molecule has 0 spiro atoms. The average molecular weight is 361 g/mol. The van der Waals surface area contributed by atoms with E-state index in [1.165, 1.54) is 20.9 Å². The van der Waals surface area contributed by atoms with Gasteiger partial charge in [-0.25, -0.2) is 0 Å². The Hall–Kier alpha value is -1.56. The lowest BCUT2D eigenvalue weighted by Gasteiger charge is -2.11. The van der Waals surface area contributed by atoms with Gasteiger partial charge in [0.2, 0.25) is 0 Å². The molecule has 2 aromatic carbocycles. The first-order valence-electron chi connectivity index (χ1n) is 7.97. The van der Waals surface area contributed by atoms with Crippen LogP contribution in [0.2, 0.25) is 0 Å². The molecule has 0 aliphatic carbocycles. The van der Waals surface area contributed by atoms with Gasteiger partial charge < -0.3 is 15.4 Å². The molecule has 0 bridgehead atoms. The van der Waals surface area contributed by atoms with Crippen LogP contribution in [0.4, 0.5) is 5.69 Å². The second-order valence-electron chi connectivity index (χ2n) is 5.62. The van der Waals surface area contributed by atoms with Crippen molar-refractivity contribution in [2.45, 2.75) is 30.1 Å². The van der Waals surface area contributed by atoms with Crippen LogP contribution in [0.3, 0.4) is 0 Å². The molecule has 0 amide bonds. The Morgan fingerprint density at radius 2 is 1.88 bits per heavy atom. The minimum absolute atomic E-state index is 0.640. The highest BCUT2D eigenvalue weighted by Crippen LogP contribution is 2.31. The van der Waals surface area contributed by atoms with Crippen molar-refractivity contribution in [1.29, 1.82) is 0 Å². The quantitative estimate of drug-likeness (QED) is 0.549. The molecule has 0 radical (unpaired) electrons. The Morgan fingerprint density at radius 3 is 2.54 bits per heavy atom. The summed E-state index contributed by atoms with van der Waals surface area (Å²) in [7, 11) is 1.70. The molecule has 0 aliphatic rings. The van der Waals surface area contributed by atoms with Crippen LogP contribution < -0.4 is 10.6 Å². The lowest BCUT2D eigenvalue weighted by molar-refractivity contribution is 0.196. The Morgan fingerprint density at radius 1 is 1.12 bits per heavy atom. The van der Waals surface area contributed by atoms with Crippen molar-refractivity contribution in [3.05, 3.63) is 53.6 Å². The fraction of sp³-hybridized carbons (Fsp3) is 0.316.